The van der Waals surface area contributed by atoms with Gasteiger partial charge >= 0.3 is 5.69 Å². The number of carbonyl (C=O) groups excluding carboxylic acids is 5. The maximum Gasteiger partial charge on any atom is 0.329 e. The number of benzene rings is 3. The van der Waals surface area contributed by atoms with Crippen LogP contribution in [0.25, 0.3) is 11.0 Å². The number of rotatable bonds is 5. The number of piperidine rings is 2. The predicted molar refractivity (Wildman–Crippen MR) is 256 cm³/mol. The Balaban J connectivity index is 0.800. The third-order valence-electron chi connectivity index (χ3n) is 16.3. The van der Waals surface area contributed by atoms with Crippen LogP contribution in [0.5, 0.6) is 0 Å². The van der Waals surface area contributed by atoms with Gasteiger partial charge in [-0.2, -0.15) is 0 Å². The molecule has 4 aliphatic heterocycles. The first kappa shape index (κ1) is 46.2. The molecule has 1 unspecified atom stereocenters. The maximum absolute atomic E-state index is 16.5. The van der Waals surface area contributed by atoms with Crippen LogP contribution >= 0.6 is 23.2 Å². The molecule has 16 heteroatoms. The summed E-state index contributed by atoms with van der Waals surface area (Å²) in [4.78, 5) is 83.1. The number of imide groups is 1. The fourth-order valence-corrected chi connectivity index (χ4v) is 12.9. The molecule has 1 aromatic heterocycles. The number of hydrogen-bond acceptors (Lipinski definition) is 7. The van der Waals surface area contributed by atoms with Gasteiger partial charge in [0.1, 0.15) is 17.3 Å². The highest BCUT2D eigenvalue weighted by Gasteiger charge is 2.73. The van der Waals surface area contributed by atoms with Gasteiger partial charge in [-0.3, -0.25) is 43.7 Å². The van der Waals surface area contributed by atoms with E-state index in [2.05, 4.69) is 47.0 Å². The van der Waals surface area contributed by atoms with Crippen molar-refractivity contribution in [3.8, 4) is 11.8 Å². The van der Waals surface area contributed by atoms with Crippen molar-refractivity contribution in [3.05, 3.63) is 97.6 Å². The zero-order valence-electron chi connectivity index (χ0n) is 38.5. The minimum atomic E-state index is -1.34. The molecule has 356 valence electrons. The van der Waals surface area contributed by atoms with Crippen LogP contribution in [0.2, 0.25) is 10.0 Å². The van der Waals surface area contributed by atoms with E-state index < -0.39 is 40.7 Å². The molecule has 0 bridgehead atoms. The summed E-state index contributed by atoms with van der Waals surface area (Å²) in [6, 6.07) is 13.7. The molecule has 13 nitrogen and oxygen atoms in total. The van der Waals surface area contributed by atoms with E-state index in [0.717, 1.165) is 31.2 Å². The molecule has 5 fully saturated rings. The molecule has 2 spiro atoms. The molecule has 10 rings (SSSR count). The Kier molecular flexibility index (Phi) is 11.9. The average Bonchev–Trinajstić information content (AvgIpc) is 3.88. The molecule has 68 heavy (non-hydrogen) atoms. The van der Waals surface area contributed by atoms with Crippen molar-refractivity contribution in [1.82, 2.24) is 30.0 Å². The number of hydrogen-bond donors (Lipinski definition) is 4. The Morgan fingerprint density at radius 3 is 2.31 bits per heavy atom. The fourth-order valence-electron chi connectivity index (χ4n) is 12.6. The van der Waals surface area contributed by atoms with Gasteiger partial charge in [-0.25, -0.2) is 9.18 Å². The normalized spacial score (nSPS) is 27.7. The smallest absolute Gasteiger partial charge is 0.329 e. The van der Waals surface area contributed by atoms with Crippen molar-refractivity contribution in [1.29, 1.82) is 0 Å². The van der Waals surface area contributed by atoms with Crippen LogP contribution in [0.15, 0.2) is 59.4 Å². The second-order valence-corrected chi connectivity index (χ2v) is 21.6. The van der Waals surface area contributed by atoms with Crippen LogP contribution < -0.4 is 27.0 Å². The number of anilines is 1. The molecule has 6 aliphatic rings. The lowest BCUT2D eigenvalue weighted by molar-refractivity contribution is -0.138. The second-order valence-electron chi connectivity index (χ2n) is 20.7. The number of likely N-dealkylation sites (tertiary alicyclic amines) is 1. The second kappa shape index (κ2) is 17.5. The van der Waals surface area contributed by atoms with E-state index in [0.29, 0.717) is 78.9 Å². The molecular formula is C52H56Cl2FN7O6. The van der Waals surface area contributed by atoms with Crippen molar-refractivity contribution >= 4 is 69.5 Å². The largest absolute Gasteiger partial charge is 0.352 e. The molecule has 5 heterocycles. The maximum atomic E-state index is 16.5. The number of nitrogens with one attached hydrogen (secondary N) is 4. The summed E-state index contributed by atoms with van der Waals surface area (Å²) in [6.07, 6.45) is 7.12. The average molecular weight is 965 g/mol. The SMILES string of the molecule is Cn1c(=O)n(C2CCC(=O)NC2=O)c2ccc(C#CC3CCN(C(=O)C4CCC(NC(=O)[C@@H]5NC6(CCC(C)(C)CC6)[C@@]6(C(=O)Nc7cc(Cl)ccc76)[C@H]5c5cccc(Cl)c5F)CC4)CC3)cc21. The lowest BCUT2D eigenvalue weighted by Crippen LogP contribution is -2.61. The number of aromatic nitrogens is 2. The van der Waals surface area contributed by atoms with E-state index in [4.69, 9.17) is 23.2 Å². The molecule has 2 saturated carbocycles. The number of amides is 5. The molecule has 3 aromatic carbocycles. The molecule has 5 amide bonds. The summed E-state index contributed by atoms with van der Waals surface area (Å²) < 4.78 is 19.4. The summed E-state index contributed by atoms with van der Waals surface area (Å²) in [7, 11) is 1.66. The lowest BCUT2D eigenvalue weighted by atomic mass is 9.53. The van der Waals surface area contributed by atoms with Gasteiger partial charge in [0.15, 0.2) is 0 Å². The van der Waals surface area contributed by atoms with Crippen molar-refractivity contribution in [2.75, 3.05) is 18.4 Å². The lowest BCUT2D eigenvalue weighted by Gasteiger charge is -2.50. The molecule has 4 aromatic rings. The standard InChI is InChI=1S/C52H56Cl2FN7O6/c1-50(2)21-23-51(24-22-50)52(35-15-12-32(53)28-37(35)57-48(52)67)42(34-5-4-6-36(54)43(34)55)44(59-51)46(65)56-33-13-10-31(11-14-33)47(66)61-25-19-29(20-26-61)7-8-30-9-16-38-40(27-30)60(3)49(68)62(38)39-17-18-41(63)58-45(39)64/h4-6,9,12,15-16,27-29,31,33,39,42,44,59H,10-11,13-14,17-26H2,1-3H3,(H,56,65)(H,57,67)(H,58,63,64)/t31?,33?,39?,42-,44+,52+/m0/s1. The third-order valence-corrected chi connectivity index (χ3v) is 16.8. The van der Waals surface area contributed by atoms with Crippen LogP contribution in [0, 0.1) is 34.9 Å². The monoisotopic (exact) mass is 963 g/mol. The summed E-state index contributed by atoms with van der Waals surface area (Å²) in [5.41, 5.74) is 0.926. The summed E-state index contributed by atoms with van der Waals surface area (Å²) in [5.74, 6) is 3.71. The van der Waals surface area contributed by atoms with Gasteiger partial charge in [0.05, 0.1) is 22.1 Å². The van der Waals surface area contributed by atoms with Crippen LogP contribution in [0.1, 0.15) is 120 Å². The fraction of sp³-hybridized carbons (Fsp3) is 0.500. The Morgan fingerprint density at radius 1 is 0.853 bits per heavy atom. The summed E-state index contributed by atoms with van der Waals surface area (Å²) >= 11 is 12.9. The number of halogens is 3. The topological polar surface area (TPSA) is 164 Å². The van der Waals surface area contributed by atoms with Gasteiger partial charge in [0.25, 0.3) is 0 Å². The van der Waals surface area contributed by atoms with Gasteiger partial charge in [-0.15, -0.1) is 0 Å². The van der Waals surface area contributed by atoms with E-state index in [1.54, 1.807) is 37.4 Å². The highest BCUT2D eigenvalue weighted by Crippen LogP contribution is 2.64. The van der Waals surface area contributed by atoms with Crippen molar-refractivity contribution in [3.63, 3.8) is 0 Å². The van der Waals surface area contributed by atoms with Crippen LogP contribution in [-0.4, -0.2) is 74.3 Å². The quantitative estimate of drug-likeness (QED) is 0.124. The summed E-state index contributed by atoms with van der Waals surface area (Å²) in [5, 5.41) is 12.9. The van der Waals surface area contributed by atoms with E-state index in [9.17, 15) is 28.8 Å². The first-order valence-corrected chi connectivity index (χ1v) is 24.7. The molecule has 4 atom stereocenters. The Morgan fingerprint density at radius 2 is 1.59 bits per heavy atom. The number of carbonyl (C=O) groups is 5. The molecule has 3 saturated heterocycles. The van der Waals surface area contributed by atoms with Gasteiger partial charge in [0.2, 0.25) is 29.5 Å². The number of aryl methyl sites for hydroxylation is 1. The molecule has 0 radical (unpaired) electrons. The Hall–Kier alpha value is -5.49. The highest BCUT2D eigenvalue weighted by atomic mass is 35.5. The van der Waals surface area contributed by atoms with Gasteiger partial charge in [-0.05, 0) is 124 Å². The predicted octanol–water partition coefficient (Wildman–Crippen LogP) is 7.01. The van der Waals surface area contributed by atoms with Gasteiger partial charge in [0, 0.05) is 72.2 Å². The third kappa shape index (κ3) is 7.73. The van der Waals surface area contributed by atoms with E-state index in [-0.39, 0.29) is 76.0 Å². The molecule has 4 N–H and O–H groups in total. The molecular weight excluding hydrogens is 909 g/mol. The number of imidazole rings is 1. The number of fused-ring (bicyclic) bond motifs is 4. The zero-order chi connectivity index (χ0) is 47.9. The molecule has 2 aliphatic carbocycles. The zero-order valence-corrected chi connectivity index (χ0v) is 40.0. The van der Waals surface area contributed by atoms with Gasteiger partial charge < -0.3 is 15.5 Å². The first-order chi connectivity index (χ1) is 32.5. The first-order valence-electron chi connectivity index (χ1n) is 24.0. The Bertz CT molecular complexity index is 2890. The number of nitrogens with zero attached hydrogens (tertiary/aromatic N) is 3. The van der Waals surface area contributed by atoms with E-state index in [1.807, 2.05) is 23.1 Å². The highest BCUT2D eigenvalue weighted by molar-refractivity contribution is 6.31. The summed E-state index contributed by atoms with van der Waals surface area (Å²) in [6.45, 7) is 5.61. The van der Waals surface area contributed by atoms with E-state index in [1.165, 1.54) is 15.2 Å². The van der Waals surface area contributed by atoms with Crippen LogP contribution in [-0.2, 0) is 36.4 Å². The minimum Gasteiger partial charge on any atom is -0.352 e. The van der Waals surface area contributed by atoms with Crippen molar-refractivity contribution in [2.24, 2.45) is 24.3 Å². The van der Waals surface area contributed by atoms with Gasteiger partial charge in [-0.1, -0.05) is 67.1 Å². The van der Waals surface area contributed by atoms with Crippen molar-refractivity contribution in [2.45, 2.75) is 126 Å². The Labute approximate surface area is 404 Å². The van der Waals surface area contributed by atoms with Crippen molar-refractivity contribution < 1.29 is 28.4 Å². The minimum absolute atomic E-state index is 0.0162. The van der Waals surface area contributed by atoms with Crippen LogP contribution in [0.4, 0.5) is 10.1 Å². The van der Waals surface area contributed by atoms with Crippen LogP contribution in [0.3, 0.4) is 0 Å². The van der Waals surface area contributed by atoms with E-state index >= 15 is 4.39 Å².